The molecule has 0 aliphatic carbocycles. The molecule has 3 aromatic heterocycles. The molecule has 174 valence electrons. The van der Waals surface area contributed by atoms with Crippen molar-refractivity contribution in [3.05, 3.63) is 120 Å². The van der Waals surface area contributed by atoms with Crippen molar-refractivity contribution in [1.82, 2.24) is 23.9 Å². The first kappa shape index (κ1) is 21.8. The highest BCUT2D eigenvalue weighted by atomic mass is 35.5. The van der Waals surface area contributed by atoms with E-state index in [9.17, 15) is 4.79 Å². The molecule has 0 spiro atoms. The van der Waals surface area contributed by atoms with Crippen LogP contribution in [0.5, 0.6) is 0 Å². The molecule has 0 saturated heterocycles. The highest BCUT2D eigenvalue weighted by Gasteiger charge is 2.16. The Balaban J connectivity index is 1.41. The normalized spacial score (nSPS) is 11.0. The first-order valence-electron chi connectivity index (χ1n) is 11.3. The van der Waals surface area contributed by atoms with Crippen LogP contribution in [0, 0.1) is 0 Å². The third-order valence-electron chi connectivity index (χ3n) is 5.79. The number of nitrogens with zero attached hydrogens (tertiary/aromatic N) is 5. The maximum atomic E-state index is 12.8. The number of aromatic nitrogens is 5. The van der Waals surface area contributed by atoms with Crippen LogP contribution in [-0.2, 0) is 0 Å². The van der Waals surface area contributed by atoms with Crippen LogP contribution in [0.3, 0.4) is 0 Å². The number of hydrogen-bond donors (Lipinski definition) is 1. The van der Waals surface area contributed by atoms with E-state index < -0.39 is 0 Å². The number of anilines is 1. The number of carbonyl (C=O) groups excluding carboxylic acids is 1. The van der Waals surface area contributed by atoms with Gasteiger partial charge in [0.2, 0.25) is 0 Å². The predicted octanol–water partition coefficient (Wildman–Crippen LogP) is 6.15. The molecule has 0 aliphatic heterocycles. The van der Waals surface area contributed by atoms with Crippen molar-refractivity contribution in [3.63, 3.8) is 0 Å². The summed E-state index contributed by atoms with van der Waals surface area (Å²) in [6.45, 7) is 0. The molecule has 0 atom stereocenters. The zero-order valence-corrected chi connectivity index (χ0v) is 19.7. The van der Waals surface area contributed by atoms with Gasteiger partial charge in [-0.15, -0.1) is 0 Å². The van der Waals surface area contributed by atoms with Crippen LogP contribution in [0.2, 0.25) is 5.02 Å². The Morgan fingerprint density at radius 1 is 0.833 bits per heavy atom. The monoisotopic (exact) mass is 490 g/mol. The van der Waals surface area contributed by atoms with Crippen LogP contribution in [0.25, 0.3) is 34.1 Å². The van der Waals surface area contributed by atoms with Crippen LogP contribution in [-0.4, -0.2) is 29.8 Å². The molecule has 0 aliphatic rings. The second-order valence-electron chi connectivity index (χ2n) is 8.11. The fraction of sp³-hybridized carbons (Fsp3) is 0. The van der Waals surface area contributed by atoms with Crippen LogP contribution in [0.15, 0.2) is 110 Å². The lowest BCUT2D eigenvalue weighted by Gasteiger charge is -2.12. The van der Waals surface area contributed by atoms with E-state index in [2.05, 4.69) is 15.3 Å². The summed E-state index contributed by atoms with van der Waals surface area (Å²) in [5, 5.41) is 3.33. The Morgan fingerprint density at radius 3 is 2.47 bits per heavy atom. The van der Waals surface area contributed by atoms with Gasteiger partial charge in [-0.05, 0) is 24.3 Å². The van der Waals surface area contributed by atoms with Crippen molar-refractivity contribution >= 4 is 28.8 Å². The number of hydrogen-bond acceptors (Lipinski definition) is 4. The summed E-state index contributed by atoms with van der Waals surface area (Å²) >= 11 is 6.19. The average Bonchev–Trinajstić information content (AvgIpc) is 3.59. The van der Waals surface area contributed by atoms with Gasteiger partial charge in [0.25, 0.3) is 5.91 Å². The fourth-order valence-corrected chi connectivity index (χ4v) is 4.31. The van der Waals surface area contributed by atoms with Crippen LogP contribution in [0.1, 0.15) is 10.4 Å². The maximum Gasteiger partial charge on any atom is 0.257 e. The minimum Gasteiger partial charge on any atom is -0.322 e. The second-order valence-corrected chi connectivity index (χ2v) is 8.52. The minimum atomic E-state index is -0.276. The average molecular weight is 491 g/mol. The number of nitrogens with one attached hydrogen (secondary N) is 1. The van der Waals surface area contributed by atoms with Gasteiger partial charge in [-0.1, -0.05) is 66.2 Å². The molecule has 3 aromatic carbocycles. The standard InChI is InChI=1S/C28H19ClN6O/c29-23-12-5-4-11-22(23)28(36)32-21-10-6-9-20(17-21)24-18-34-15-13-31-26(34)27(33-24)35-16-14-30-25(35)19-7-2-1-3-8-19/h1-18H,(H,32,36). The summed E-state index contributed by atoms with van der Waals surface area (Å²) in [4.78, 5) is 26.8. The summed E-state index contributed by atoms with van der Waals surface area (Å²) in [7, 11) is 0. The Labute approximate surface area is 211 Å². The van der Waals surface area contributed by atoms with Gasteiger partial charge in [0.15, 0.2) is 11.5 Å². The summed E-state index contributed by atoms with van der Waals surface area (Å²) < 4.78 is 3.87. The molecule has 0 bridgehead atoms. The molecule has 6 aromatic rings. The molecule has 1 amide bonds. The van der Waals surface area contributed by atoms with E-state index in [0.717, 1.165) is 22.6 Å². The Hall–Kier alpha value is -4.75. The first-order chi connectivity index (χ1) is 17.7. The lowest BCUT2D eigenvalue weighted by atomic mass is 10.1. The van der Waals surface area contributed by atoms with Crippen LogP contribution in [0.4, 0.5) is 5.69 Å². The number of rotatable bonds is 5. The van der Waals surface area contributed by atoms with E-state index >= 15 is 0 Å². The number of benzene rings is 3. The van der Waals surface area contributed by atoms with E-state index in [-0.39, 0.29) is 5.91 Å². The molecule has 0 radical (unpaired) electrons. The van der Waals surface area contributed by atoms with E-state index in [1.165, 1.54) is 0 Å². The molecule has 0 fully saturated rings. The topological polar surface area (TPSA) is 77.1 Å². The smallest absolute Gasteiger partial charge is 0.257 e. The van der Waals surface area contributed by atoms with Gasteiger partial charge in [-0.25, -0.2) is 15.0 Å². The fourth-order valence-electron chi connectivity index (χ4n) is 4.09. The van der Waals surface area contributed by atoms with Gasteiger partial charge < -0.3 is 9.72 Å². The number of halogens is 1. The molecule has 6 rings (SSSR count). The lowest BCUT2D eigenvalue weighted by Crippen LogP contribution is -2.12. The van der Waals surface area contributed by atoms with Crippen LogP contribution < -0.4 is 5.32 Å². The van der Waals surface area contributed by atoms with Gasteiger partial charge >= 0.3 is 0 Å². The number of amides is 1. The highest BCUT2D eigenvalue weighted by Crippen LogP contribution is 2.27. The Bertz CT molecular complexity index is 1710. The minimum absolute atomic E-state index is 0.276. The van der Waals surface area contributed by atoms with Gasteiger partial charge in [0, 0.05) is 47.8 Å². The highest BCUT2D eigenvalue weighted by molar-refractivity contribution is 6.34. The molecule has 8 heteroatoms. The Morgan fingerprint density at radius 2 is 1.61 bits per heavy atom. The van der Waals surface area contributed by atoms with Crippen molar-refractivity contribution in [3.8, 4) is 28.5 Å². The number of imidazole rings is 2. The van der Waals surface area contributed by atoms with Gasteiger partial charge in [-0.2, -0.15) is 0 Å². The van der Waals surface area contributed by atoms with E-state index in [1.807, 2.05) is 82.2 Å². The molecule has 7 nitrogen and oxygen atoms in total. The van der Waals surface area contributed by atoms with E-state index in [1.54, 1.807) is 36.7 Å². The molecule has 1 N–H and O–H groups in total. The molecular weight excluding hydrogens is 472 g/mol. The SMILES string of the molecule is O=C(Nc1cccc(-c2cn3ccnc3c(-n3ccnc3-c3ccccc3)n2)c1)c1ccccc1Cl. The molecule has 0 saturated carbocycles. The molecule has 3 heterocycles. The van der Waals surface area contributed by atoms with E-state index in [0.29, 0.717) is 27.7 Å². The summed E-state index contributed by atoms with van der Waals surface area (Å²) in [6.07, 6.45) is 9.17. The van der Waals surface area contributed by atoms with E-state index in [4.69, 9.17) is 16.6 Å². The van der Waals surface area contributed by atoms with Crippen molar-refractivity contribution in [2.45, 2.75) is 0 Å². The molecular formula is C28H19ClN6O. The summed E-state index contributed by atoms with van der Waals surface area (Å²) in [5.74, 6) is 1.15. The third-order valence-corrected chi connectivity index (χ3v) is 6.12. The summed E-state index contributed by atoms with van der Waals surface area (Å²) in [6, 6.07) is 24.5. The number of carbonyl (C=O) groups is 1. The van der Waals surface area contributed by atoms with Crippen molar-refractivity contribution in [1.29, 1.82) is 0 Å². The molecule has 36 heavy (non-hydrogen) atoms. The van der Waals surface area contributed by atoms with Crippen molar-refractivity contribution in [2.24, 2.45) is 0 Å². The maximum absolute atomic E-state index is 12.8. The first-order valence-corrected chi connectivity index (χ1v) is 11.6. The zero-order chi connectivity index (χ0) is 24.5. The Kier molecular flexibility index (Phi) is 5.52. The van der Waals surface area contributed by atoms with Gasteiger partial charge in [-0.3, -0.25) is 9.36 Å². The third kappa shape index (κ3) is 4.01. The van der Waals surface area contributed by atoms with Gasteiger partial charge in [0.05, 0.1) is 16.3 Å². The summed E-state index contributed by atoms with van der Waals surface area (Å²) in [5.41, 5.74) is 4.29. The van der Waals surface area contributed by atoms with Crippen molar-refractivity contribution in [2.75, 3.05) is 5.32 Å². The number of fused-ring (bicyclic) bond motifs is 1. The zero-order valence-electron chi connectivity index (χ0n) is 18.9. The second kappa shape index (κ2) is 9.13. The quantitative estimate of drug-likeness (QED) is 0.314. The van der Waals surface area contributed by atoms with Crippen LogP contribution >= 0.6 is 11.6 Å². The van der Waals surface area contributed by atoms with Gasteiger partial charge in [0.1, 0.15) is 5.82 Å². The lowest BCUT2D eigenvalue weighted by molar-refractivity contribution is 0.102. The molecule has 0 unspecified atom stereocenters. The largest absolute Gasteiger partial charge is 0.322 e. The van der Waals surface area contributed by atoms with Crippen molar-refractivity contribution < 1.29 is 4.79 Å². The predicted molar refractivity (Wildman–Crippen MR) is 140 cm³/mol.